The van der Waals surface area contributed by atoms with E-state index in [2.05, 4.69) is 17.3 Å². The first-order chi connectivity index (χ1) is 8.17. The summed E-state index contributed by atoms with van der Waals surface area (Å²) in [4.78, 5) is 2.26. The third kappa shape index (κ3) is 3.18. The normalized spacial score (nSPS) is 20.9. The van der Waals surface area contributed by atoms with Crippen molar-refractivity contribution >= 4 is 5.69 Å². The summed E-state index contributed by atoms with van der Waals surface area (Å²) < 4.78 is 13.2. The fraction of sp³-hybridized carbons (Fsp3) is 0.462. The Morgan fingerprint density at radius 3 is 3.00 bits per heavy atom. The highest BCUT2D eigenvalue weighted by Gasteiger charge is 2.17. The molecular weight excluding hydrogens is 217 g/mol. The molecule has 90 valence electrons. The number of rotatable bonds is 2. The lowest BCUT2D eigenvalue weighted by Crippen LogP contribution is -2.39. The maximum absolute atomic E-state index is 13.2. The van der Waals surface area contributed by atoms with Gasteiger partial charge in [-0.25, -0.2) is 4.39 Å². The summed E-state index contributed by atoms with van der Waals surface area (Å²) >= 11 is 0. The highest BCUT2D eigenvalue weighted by Crippen LogP contribution is 2.18. The minimum atomic E-state index is -0.365. The third-order valence-corrected chi connectivity index (χ3v) is 3.02. The number of hydrogen-bond donors (Lipinski definition) is 1. The van der Waals surface area contributed by atoms with Crippen molar-refractivity contribution in [3.8, 4) is 6.07 Å². The fourth-order valence-corrected chi connectivity index (χ4v) is 2.26. The molecule has 0 aromatic heterocycles. The summed E-state index contributed by atoms with van der Waals surface area (Å²) in [7, 11) is 2.08. The van der Waals surface area contributed by atoms with Gasteiger partial charge in [-0.1, -0.05) is 0 Å². The van der Waals surface area contributed by atoms with Gasteiger partial charge in [0, 0.05) is 18.3 Å². The van der Waals surface area contributed by atoms with Gasteiger partial charge in [-0.3, -0.25) is 0 Å². The molecular formula is C13H16FN3. The zero-order valence-corrected chi connectivity index (χ0v) is 9.91. The molecule has 4 heteroatoms. The number of nitrogens with one attached hydrogen (secondary N) is 1. The van der Waals surface area contributed by atoms with Crippen LogP contribution in [0.4, 0.5) is 10.1 Å². The first-order valence-corrected chi connectivity index (χ1v) is 5.83. The molecule has 0 spiro atoms. The Morgan fingerprint density at radius 2 is 2.29 bits per heavy atom. The molecule has 0 saturated carbocycles. The molecule has 17 heavy (non-hydrogen) atoms. The number of likely N-dealkylation sites (N-methyl/N-ethyl adjacent to an activating group) is 1. The van der Waals surface area contributed by atoms with E-state index in [4.69, 9.17) is 5.26 Å². The minimum absolute atomic E-state index is 0.335. The van der Waals surface area contributed by atoms with Gasteiger partial charge >= 0.3 is 0 Å². The lowest BCUT2D eigenvalue weighted by molar-refractivity contribution is 0.261. The van der Waals surface area contributed by atoms with Crippen LogP contribution in [0.15, 0.2) is 18.2 Å². The Hall–Kier alpha value is -1.60. The quantitative estimate of drug-likeness (QED) is 0.851. The van der Waals surface area contributed by atoms with E-state index in [0.717, 1.165) is 25.9 Å². The molecule has 3 nitrogen and oxygen atoms in total. The molecule has 1 aliphatic heterocycles. The van der Waals surface area contributed by atoms with Crippen molar-refractivity contribution in [3.63, 3.8) is 0 Å². The highest BCUT2D eigenvalue weighted by atomic mass is 19.1. The topological polar surface area (TPSA) is 39.1 Å². The van der Waals surface area contributed by atoms with Gasteiger partial charge < -0.3 is 10.2 Å². The lowest BCUT2D eigenvalue weighted by Gasteiger charge is -2.30. The maximum atomic E-state index is 13.2. The van der Waals surface area contributed by atoms with Gasteiger partial charge in [0.05, 0.1) is 11.6 Å². The van der Waals surface area contributed by atoms with Crippen molar-refractivity contribution in [1.82, 2.24) is 4.90 Å². The first-order valence-electron chi connectivity index (χ1n) is 5.83. The number of nitriles is 1. The van der Waals surface area contributed by atoms with Crippen molar-refractivity contribution in [2.45, 2.75) is 18.9 Å². The molecule has 0 radical (unpaired) electrons. The van der Waals surface area contributed by atoms with Crippen molar-refractivity contribution in [1.29, 1.82) is 5.26 Å². The van der Waals surface area contributed by atoms with Crippen LogP contribution in [0.2, 0.25) is 0 Å². The van der Waals surface area contributed by atoms with Gasteiger partial charge in [-0.05, 0) is 44.6 Å². The molecule has 1 aromatic carbocycles. The smallest absolute Gasteiger partial charge is 0.126 e. The molecule has 1 N–H and O–H groups in total. The van der Waals surface area contributed by atoms with Gasteiger partial charge in [0.2, 0.25) is 0 Å². The van der Waals surface area contributed by atoms with Crippen molar-refractivity contribution < 1.29 is 4.39 Å². The Labute approximate surface area is 101 Å². The number of benzene rings is 1. The zero-order chi connectivity index (χ0) is 12.3. The van der Waals surface area contributed by atoms with Gasteiger partial charge in [0.15, 0.2) is 0 Å². The molecule has 0 aliphatic carbocycles. The molecule has 2 rings (SSSR count). The number of nitrogens with zero attached hydrogens (tertiary/aromatic N) is 2. The van der Waals surface area contributed by atoms with Crippen LogP contribution in [0.5, 0.6) is 0 Å². The van der Waals surface area contributed by atoms with Gasteiger partial charge in [-0.15, -0.1) is 0 Å². The van der Waals surface area contributed by atoms with E-state index in [1.54, 1.807) is 6.07 Å². The molecule has 0 amide bonds. The number of piperidine rings is 1. The maximum Gasteiger partial charge on any atom is 0.126 e. The Balaban J connectivity index is 2.07. The number of hydrogen-bond acceptors (Lipinski definition) is 3. The first kappa shape index (κ1) is 11.9. The summed E-state index contributed by atoms with van der Waals surface area (Å²) in [6, 6.07) is 6.68. The average molecular weight is 233 g/mol. The summed E-state index contributed by atoms with van der Waals surface area (Å²) in [5.74, 6) is -0.365. The van der Waals surface area contributed by atoms with Crippen LogP contribution in [0.25, 0.3) is 0 Å². The van der Waals surface area contributed by atoms with E-state index in [-0.39, 0.29) is 5.82 Å². The van der Waals surface area contributed by atoms with Gasteiger partial charge in [0.1, 0.15) is 5.82 Å². The van der Waals surface area contributed by atoms with E-state index in [1.165, 1.54) is 12.1 Å². The van der Waals surface area contributed by atoms with Crippen LogP contribution in [0.3, 0.4) is 0 Å². The molecule has 1 aliphatic rings. The molecule has 0 bridgehead atoms. The molecule has 1 heterocycles. The number of anilines is 1. The van der Waals surface area contributed by atoms with Crippen LogP contribution in [-0.4, -0.2) is 31.1 Å². The Kier molecular flexibility index (Phi) is 3.60. The Bertz CT molecular complexity index is 439. The highest BCUT2D eigenvalue weighted by molar-refractivity contribution is 5.50. The van der Waals surface area contributed by atoms with E-state index in [1.807, 2.05) is 6.07 Å². The summed E-state index contributed by atoms with van der Waals surface area (Å²) in [5, 5.41) is 12.1. The van der Waals surface area contributed by atoms with Crippen LogP contribution in [-0.2, 0) is 0 Å². The third-order valence-electron chi connectivity index (χ3n) is 3.02. The van der Waals surface area contributed by atoms with Crippen LogP contribution >= 0.6 is 0 Å². The predicted octanol–water partition coefficient (Wildman–Crippen LogP) is 2.20. The standard InChI is InChI=1S/C13H16FN3/c1-17-4-2-3-12(9-17)16-13-6-10(8-15)5-11(14)7-13/h5-7,12,16H,2-4,9H2,1H3. The summed E-state index contributed by atoms with van der Waals surface area (Å²) in [6.45, 7) is 2.07. The number of halogens is 1. The van der Waals surface area contributed by atoms with Crippen LogP contribution in [0, 0.1) is 17.1 Å². The zero-order valence-electron chi connectivity index (χ0n) is 9.91. The van der Waals surface area contributed by atoms with Gasteiger partial charge in [-0.2, -0.15) is 5.26 Å². The second kappa shape index (κ2) is 5.15. The average Bonchev–Trinajstić information content (AvgIpc) is 2.28. The molecule has 1 fully saturated rings. The van der Waals surface area contributed by atoms with Crippen molar-refractivity contribution in [2.75, 3.05) is 25.5 Å². The van der Waals surface area contributed by atoms with E-state index < -0.39 is 0 Å². The second-order valence-corrected chi connectivity index (χ2v) is 4.59. The van der Waals surface area contributed by atoms with E-state index in [9.17, 15) is 4.39 Å². The summed E-state index contributed by atoms with van der Waals surface area (Å²) in [6.07, 6.45) is 2.23. The number of likely N-dealkylation sites (tertiary alicyclic amines) is 1. The lowest BCUT2D eigenvalue weighted by atomic mass is 10.1. The van der Waals surface area contributed by atoms with Crippen LogP contribution < -0.4 is 5.32 Å². The molecule has 1 aromatic rings. The monoisotopic (exact) mass is 233 g/mol. The fourth-order valence-electron chi connectivity index (χ4n) is 2.26. The Morgan fingerprint density at radius 1 is 1.47 bits per heavy atom. The van der Waals surface area contributed by atoms with Crippen molar-refractivity contribution in [3.05, 3.63) is 29.6 Å². The largest absolute Gasteiger partial charge is 0.381 e. The molecule has 1 unspecified atom stereocenters. The predicted molar refractivity (Wildman–Crippen MR) is 65.3 cm³/mol. The van der Waals surface area contributed by atoms with E-state index in [0.29, 0.717) is 17.3 Å². The van der Waals surface area contributed by atoms with Gasteiger partial charge in [0.25, 0.3) is 0 Å². The second-order valence-electron chi connectivity index (χ2n) is 4.59. The van der Waals surface area contributed by atoms with E-state index >= 15 is 0 Å². The minimum Gasteiger partial charge on any atom is -0.381 e. The van der Waals surface area contributed by atoms with Crippen molar-refractivity contribution in [2.24, 2.45) is 0 Å². The molecule has 1 saturated heterocycles. The SMILES string of the molecule is CN1CCCC(Nc2cc(F)cc(C#N)c2)C1. The van der Waals surface area contributed by atoms with Crippen LogP contribution in [0.1, 0.15) is 18.4 Å². The molecule has 1 atom stereocenters. The summed E-state index contributed by atoms with van der Waals surface area (Å²) in [5.41, 5.74) is 1.05.